The van der Waals surface area contributed by atoms with Gasteiger partial charge in [-0.2, -0.15) is 4.72 Å². The van der Waals surface area contributed by atoms with Crippen LogP contribution in [0.3, 0.4) is 0 Å². The van der Waals surface area contributed by atoms with Crippen LogP contribution in [0.4, 0.5) is 0 Å². The molecule has 1 aromatic rings. The molecule has 0 fully saturated rings. The van der Waals surface area contributed by atoms with Gasteiger partial charge in [0.15, 0.2) is 5.76 Å². The van der Waals surface area contributed by atoms with Crippen LogP contribution in [0.5, 0.6) is 11.5 Å². The molecule has 0 unspecified atom stereocenters. The predicted molar refractivity (Wildman–Crippen MR) is 109 cm³/mol. The Bertz CT molecular complexity index is 953. The zero-order chi connectivity index (χ0) is 21.3. The summed E-state index contributed by atoms with van der Waals surface area (Å²) >= 11 is 0. The number of likely N-dealkylation sites (N-methyl/N-ethyl adjacent to an activating group) is 1. The number of nitrogens with zero attached hydrogens (tertiary/aromatic N) is 1. The van der Waals surface area contributed by atoms with E-state index < -0.39 is 15.6 Å². The first kappa shape index (κ1) is 22.1. The van der Waals surface area contributed by atoms with Gasteiger partial charge < -0.3 is 15.1 Å². The standard InChI is InChI=1S/C20H28N2O5S/c1-7-22-12-14(8-9-20(4,5)21-28(6,25)26)19(27-22)16-10-15(13(2)3)17(23)11-18(16)24/h10-11,13,21,23-24H,7,12H2,1-6H3. The first-order valence-corrected chi connectivity index (χ1v) is 11.0. The number of phenols is 2. The second-order valence-corrected chi connectivity index (χ2v) is 9.44. The number of hydrogen-bond acceptors (Lipinski definition) is 6. The summed E-state index contributed by atoms with van der Waals surface area (Å²) in [7, 11) is -3.41. The third-order valence-electron chi connectivity index (χ3n) is 4.16. The molecule has 7 nitrogen and oxygen atoms in total. The summed E-state index contributed by atoms with van der Waals surface area (Å²) in [6.07, 6.45) is 1.08. The van der Waals surface area contributed by atoms with E-state index in [1.807, 2.05) is 20.8 Å². The van der Waals surface area contributed by atoms with Crippen LogP contribution in [-0.2, 0) is 14.9 Å². The second kappa shape index (κ2) is 8.03. The fraction of sp³-hybridized carbons (Fsp3) is 0.500. The normalized spacial score (nSPS) is 15.5. The maximum Gasteiger partial charge on any atom is 0.209 e. The highest BCUT2D eigenvalue weighted by molar-refractivity contribution is 7.88. The monoisotopic (exact) mass is 408 g/mol. The molecule has 0 atom stereocenters. The largest absolute Gasteiger partial charge is 0.508 e. The van der Waals surface area contributed by atoms with Crippen LogP contribution in [0.2, 0.25) is 0 Å². The van der Waals surface area contributed by atoms with Gasteiger partial charge in [-0.3, -0.25) is 0 Å². The highest BCUT2D eigenvalue weighted by Gasteiger charge is 2.27. The van der Waals surface area contributed by atoms with Crippen molar-refractivity contribution in [2.45, 2.75) is 46.1 Å². The first-order chi connectivity index (χ1) is 12.8. The van der Waals surface area contributed by atoms with E-state index in [0.29, 0.717) is 35.5 Å². The third kappa shape index (κ3) is 5.41. The minimum absolute atomic E-state index is 0.0216. The number of phenolic OH excluding ortho intramolecular Hbond substituents is 2. The summed E-state index contributed by atoms with van der Waals surface area (Å²) in [5.41, 5.74) is 0.785. The number of benzene rings is 1. The van der Waals surface area contributed by atoms with Crippen molar-refractivity contribution in [3.8, 4) is 23.3 Å². The van der Waals surface area contributed by atoms with Crippen LogP contribution in [0, 0.1) is 11.8 Å². The van der Waals surface area contributed by atoms with Crippen molar-refractivity contribution in [3.05, 3.63) is 28.8 Å². The molecule has 1 aliphatic rings. The Kier molecular flexibility index (Phi) is 6.34. The fourth-order valence-corrected chi connectivity index (χ4v) is 3.89. The molecule has 0 bridgehead atoms. The van der Waals surface area contributed by atoms with Crippen LogP contribution < -0.4 is 4.72 Å². The van der Waals surface area contributed by atoms with Crippen LogP contribution >= 0.6 is 0 Å². The van der Waals surface area contributed by atoms with E-state index in [2.05, 4.69) is 16.6 Å². The zero-order valence-corrected chi connectivity index (χ0v) is 17.9. The maximum absolute atomic E-state index is 11.5. The Morgan fingerprint density at radius 1 is 1.29 bits per heavy atom. The molecule has 0 aliphatic carbocycles. The average molecular weight is 409 g/mol. The van der Waals surface area contributed by atoms with E-state index in [-0.39, 0.29) is 17.4 Å². The molecule has 1 aromatic carbocycles. The highest BCUT2D eigenvalue weighted by atomic mass is 32.2. The number of hydrogen-bond donors (Lipinski definition) is 3. The maximum atomic E-state index is 11.5. The van der Waals surface area contributed by atoms with Crippen molar-refractivity contribution in [2.24, 2.45) is 0 Å². The molecule has 8 heteroatoms. The van der Waals surface area contributed by atoms with Crippen LogP contribution in [0.25, 0.3) is 5.76 Å². The lowest BCUT2D eigenvalue weighted by Crippen LogP contribution is -2.41. The number of hydroxylamine groups is 2. The lowest BCUT2D eigenvalue weighted by molar-refractivity contribution is -0.0563. The molecule has 0 saturated heterocycles. The zero-order valence-electron chi connectivity index (χ0n) is 17.1. The van der Waals surface area contributed by atoms with Crippen molar-refractivity contribution in [3.63, 3.8) is 0 Å². The van der Waals surface area contributed by atoms with Gasteiger partial charge in [0, 0.05) is 12.6 Å². The average Bonchev–Trinajstić information content (AvgIpc) is 2.93. The highest BCUT2D eigenvalue weighted by Crippen LogP contribution is 2.39. The fourth-order valence-electron chi connectivity index (χ4n) is 2.91. The smallest absolute Gasteiger partial charge is 0.209 e. The number of rotatable bonds is 5. The van der Waals surface area contributed by atoms with Gasteiger partial charge in [0.25, 0.3) is 0 Å². The molecule has 3 N–H and O–H groups in total. The number of aromatic hydroxyl groups is 2. The third-order valence-corrected chi connectivity index (χ3v) is 5.04. The van der Waals surface area contributed by atoms with E-state index in [0.717, 1.165) is 6.26 Å². The summed E-state index contributed by atoms with van der Waals surface area (Å²) in [5, 5.41) is 22.2. The predicted octanol–water partition coefficient (Wildman–Crippen LogP) is 2.53. The van der Waals surface area contributed by atoms with E-state index in [9.17, 15) is 18.6 Å². The molecule has 154 valence electrons. The van der Waals surface area contributed by atoms with Crippen LogP contribution in [0.15, 0.2) is 17.7 Å². The minimum atomic E-state index is -3.41. The Hall–Kier alpha value is -2.21. The summed E-state index contributed by atoms with van der Waals surface area (Å²) in [5.74, 6) is 6.32. The Morgan fingerprint density at radius 3 is 2.46 bits per heavy atom. The molecule has 0 saturated carbocycles. The van der Waals surface area contributed by atoms with Crippen molar-refractivity contribution in [1.29, 1.82) is 0 Å². The van der Waals surface area contributed by atoms with Gasteiger partial charge in [0.05, 0.1) is 29.5 Å². The molecule has 1 heterocycles. The van der Waals surface area contributed by atoms with Crippen molar-refractivity contribution in [1.82, 2.24) is 9.79 Å². The van der Waals surface area contributed by atoms with Gasteiger partial charge in [0.1, 0.15) is 11.5 Å². The molecule has 0 amide bonds. The molecule has 28 heavy (non-hydrogen) atoms. The Labute approximate surface area is 167 Å². The summed E-state index contributed by atoms with van der Waals surface area (Å²) < 4.78 is 25.5. The van der Waals surface area contributed by atoms with Crippen LogP contribution in [0.1, 0.15) is 51.7 Å². The Morgan fingerprint density at radius 2 is 1.93 bits per heavy atom. The van der Waals surface area contributed by atoms with Crippen molar-refractivity contribution in [2.75, 3.05) is 19.3 Å². The van der Waals surface area contributed by atoms with Crippen molar-refractivity contribution >= 4 is 15.8 Å². The first-order valence-electron chi connectivity index (χ1n) is 9.07. The minimum Gasteiger partial charge on any atom is -0.508 e. The molecule has 2 rings (SSSR count). The van der Waals surface area contributed by atoms with Gasteiger partial charge >= 0.3 is 0 Å². The molecular formula is C20H28N2O5S. The van der Waals surface area contributed by atoms with Gasteiger partial charge in [0.2, 0.25) is 10.0 Å². The van der Waals surface area contributed by atoms with Crippen LogP contribution in [-0.4, -0.2) is 48.6 Å². The summed E-state index contributed by atoms with van der Waals surface area (Å²) in [6.45, 7) is 10.2. The lowest BCUT2D eigenvalue weighted by atomic mass is 9.97. The molecule has 0 spiro atoms. The summed E-state index contributed by atoms with van der Waals surface area (Å²) in [4.78, 5) is 5.86. The lowest BCUT2D eigenvalue weighted by Gasteiger charge is -2.17. The SMILES string of the molecule is CCN1CC(C#CC(C)(C)NS(C)(=O)=O)=C(c2cc(C(C)C)c(O)cc2O)O1. The molecule has 0 radical (unpaired) electrons. The van der Waals surface area contributed by atoms with E-state index >= 15 is 0 Å². The van der Waals surface area contributed by atoms with Gasteiger partial charge in [-0.1, -0.05) is 25.7 Å². The van der Waals surface area contributed by atoms with Gasteiger partial charge in [-0.05, 0) is 38.3 Å². The van der Waals surface area contributed by atoms with Crippen molar-refractivity contribution < 1.29 is 23.5 Å². The van der Waals surface area contributed by atoms with E-state index in [4.69, 9.17) is 4.84 Å². The number of sulfonamides is 1. The van der Waals surface area contributed by atoms with Gasteiger partial charge in [-0.25, -0.2) is 8.42 Å². The molecule has 0 aromatic heterocycles. The summed E-state index contributed by atoms with van der Waals surface area (Å²) in [6, 6.07) is 3.00. The molecular weight excluding hydrogens is 380 g/mol. The molecule has 1 aliphatic heterocycles. The number of nitrogens with one attached hydrogen (secondary N) is 1. The van der Waals surface area contributed by atoms with E-state index in [1.165, 1.54) is 6.07 Å². The Balaban J connectivity index is 2.54. The topological polar surface area (TPSA) is 99.1 Å². The second-order valence-electron chi connectivity index (χ2n) is 7.69. The quantitative estimate of drug-likeness (QED) is 0.648. The van der Waals surface area contributed by atoms with E-state index in [1.54, 1.807) is 25.0 Å². The van der Waals surface area contributed by atoms with Gasteiger partial charge in [-0.15, -0.1) is 5.06 Å².